The Morgan fingerprint density at radius 1 is 1.08 bits per heavy atom. The highest BCUT2D eigenvalue weighted by atomic mass is 19.1. The maximum atomic E-state index is 14.8. The Balaban J connectivity index is 1.43. The van der Waals surface area contributed by atoms with Crippen LogP contribution in [0.3, 0.4) is 0 Å². The van der Waals surface area contributed by atoms with Gasteiger partial charge in [-0.15, -0.1) is 0 Å². The quantitative estimate of drug-likeness (QED) is 0.137. The first-order chi connectivity index (χ1) is 23.1. The van der Waals surface area contributed by atoms with Gasteiger partial charge in [0.15, 0.2) is 0 Å². The van der Waals surface area contributed by atoms with Crippen LogP contribution in [0.2, 0.25) is 0 Å². The highest BCUT2D eigenvalue weighted by Crippen LogP contribution is 2.39. The Morgan fingerprint density at radius 3 is 2.60 bits per heavy atom. The molecule has 1 saturated carbocycles. The number of allylic oxidation sites excluding steroid dienone is 4. The number of para-hydroxylation sites is 1. The van der Waals surface area contributed by atoms with Crippen molar-refractivity contribution in [3.63, 3.8) is 0 Å². The number of nitrogens with zero attached hydrogens (tertiary/aromatic N) is 3. The molecule has 8 heteroatoms. The molecule has 48 heavy (non-hydrogen) atoms. The molecule has 0 bridgehead atoms. The van der Waals surface area contributed by atoms with E-state index < -0.39 is 11.5 Å². The molecule has 2 aliphatic rings. The van der Waals surface area contributed by atoms with Gasteiger partial charge in [-0.1, -0.05) is 55.5 Å². The Hall–Kier alpha value is -3.91. The van der Waals surface area contributed by atoms with Gasteiger partial charge < -0.3 is 23.8 Å². The molecule has 0 N–H and O–H groups in total. The average Bonchev–Trinajstić information content (AvgIpc) is 3.85. The van der Waals surface area contributed by atoms with Crippen molar-refractivity contribution in [1.29, 1.82) is 0 Å². The topological polar surface area (TPSA) is 64.0 Å². The van der Waals surface area contributed by atoms with E-state index in [0.29, 0.717) is 45.5 Å². The van der Waals surface area contributed by atoms with Crippen molar-refractivity contribution in [2.24, 2.45) is 5.92 Å². The fraction of sp³-hybridized carbons (Fsp3) is 0.500. The molecule has 1 aliphatic heterocycles. The summed E-state index contributed by atoms with van der Waals surface area (Å²) in [6.45, 7) is 10.4. The molecule has 1 aliphatic carbocycles. The van der Waals surface area contributed by atoms with Gasteiger partial charge in [-0.25, -0.2) is 9.18 Å². The number of benzene rings is 2. The van der Waals surface area contributed by atoms with E-state index in [2.05, 4.69) is 52.1 Å². The Labute approximate surface area is 285 Å². The summed E-state index contributed by atoms with van der Waals surface area (Å²) in [5.41, 5.74) is 3.82. The Bertz CT molecular complexity index is 1620. The molecule has 1 aromatic heterocycles. The number of hydrogen-bond acceptors (Lipinski definition) is 4. The van der Waals surface area contributed by atoms with E-state index >= 15 is 0 Å². The number of likely N-dealkylation sites (tertiary alicyclic amines) is 1. The van der Waals surface area contributed by atoms with Crippen LogP contribution in [0, 0.1) is 5.92 Å². The van der Waals surface area contributed by atoms with Crippen molar-refractivity contribution in [1.82, 2.24) is 14.4 Å². The molecule has 2 fully saturated rings. The van der Waals surface area contributed by atoms with Crippen LogP contribution < -0.4 is 0 Å². The third-order valence-electron chi connectivity index (χ3n) is 9.22. The van der Waals surface area contributed by atoms with E-state index in [4.69, 9.17) is 9.47 Å². The monoisotopic (exact) mass is 657 g/mol. The van der Waals surface area contributed by atoms with Crippen molar-refractivity contribution in [2.75, 3.05) is 26.8 Å². The number of rotatable bonds is 13. The number of fused-ring (bicyclic) bond motifs is 1. The summed E-state index contributed by atoms with van der Waals surface area (Å²) < 4.78 is 27.3. The number of aryl methyl sites for hydroxylation is 1. The van der Waals surface area contributed by atoms with Crippen molar-refractivity contribution in [2.45, 2.75) is 96.9 Å². The second kappa shape index (κ2) is 16.0. The Kier molecular flexibility index (Phi) is 11.8. The molecule has 258 valence electrons. The summed E-state index contributed by atoms with van der Waals surface area (Å²) in [5.74, 6) is -0.623. The molecule has 0 spiro atoms. The molecule has 5 rings (SSSR count). The number of aromatic nitrogens is 1. The third-order valence-corrected chi connectivity index (χ3v) is 9.22. The SMILES string of the molecule is CC/C=C(F)\C=C/Cc1cccc([C@H]2CCN(C(=O)OC(C)(C)C)C[C@@H]2C(=O)N(Cc2cn(CCCOC)c3ccccc23)C2CC2)c1. The lowest BCUT2D eigenvalue weighted by atomic mass is 9.79. The van der Waals surface area contributed by atoms with Gasteiger partial charge in [-0.2, -0.15) is 0 Å². The van der Waals surface area contributed by atoms with E-state index in [9.17, 15) is 14.0 Å². The lowest BCUT2D eigenvalue weighted by molar-refractivity contribution is -0.139. The fourth-order valence-corrected chi connectivity index (χ4v) is 6.80. The van der Waals surface area contributed by atoms with Gasteiger partial charge in [-0.05, 0) is 100 Å². The molecule has 0 radical (unpaired) electrons. The van der Waals surface area contributed by atoms with Gasteiger partial charge in [0, 0.05) is 63.0 Å². The minimum Gasteiger partial charge on any atom is -0.444 e. The van der Waals surface area contributed by atoms with E-state index in [1.807, 2.05) is 45.9 Å². The molecule has 2 heterocycles. The number of carbonyl (C=O) groups excluding carboxylic acids is 2. The van der Waals surface area contributed by atoms with E-state index in [1.165, 1.54) is 6.08 Å². The molecule has 0 unspecified atom stereocenters. The van der Waals surface area contributed by atoms with Crippen molar-refractivity contribution in [3.8, 4) is 0 Å². The normalized spacial score (nSPS) is 18.9. The van der Waals surface area contributed by atoms with Crippen LogP contribution >= 0.6 is 0 Å². The first-order valence-corrected chi connectivity index (χ1v) is 17.5. The van der Waals surface area contributed by atoms with Crippen LogP contribution in [0.5, 0.6) is 0 Å². The Morgan fingerprint density at radius 2 is 1.88 bits per heavy atom. The zero-order valence-corrected chi connectivity index (χ0v) is 29.3. The van der Waals surface area contributed by atoms with Crippen LogP contribution in [-0.4, -0.2) is 64.8 Å². The molecular weight excluding hydrogens is 605 g/mol. The number of amides is 2. The fourth-order valence-electron chi connectivity index (χ4n) is 6.80. The summed E-state index contributed by atoms with van der Waals surface area (Å²) in [5, 5.41) is 1.16. The molecule has 7 nitrogen and oxygen atoms in total. The largest absolute Gasteiger partial charge is 0.444 e. The van der Waals surface area contributed by atoms with Crippen LogP contribution in [0.4, 0.5) is 9.18 Å². The van der Waals surface area contributed by atoms with Gasteiger partial charge in [0.1, 0.15) is 11.4 Å². The first kappa shape index (κ1) is 35.4. The van der Waals surface area contributed by atoms with Crippen LogP contribution in [0.15, 0.2) is 78.8 Å². The van der Waals surface area contributed by atoms with Crippen LogP contribution in [0.25, 0.3) is 10.9 Å². The predicted molar refractivity (Wildman–Crippen MR) is 189 cm³/mol. The van der Waals surface area contributed by atoms with Crippen molar-refractivity contribution < 1.29 is 23.5 Å². The van der Waals surface area contributed by atoms with Gasteiger partial charge in [0.25, 0.3) is 0 Å². The van der Waals surface area contributed by atoms with E-state index in [0.717, 1.165) is 53.4 Å². The number of hydrogen-bond donors (Lipinski definition) is 0. The standard InChI is InChI=1S/C40H52FN3O4/c1-6-12-32(41)16-10-14-29-13-9-15-30(25-29)34-21-23-43(39(46)48-40(2,3)4)28-36(34)38(45)44(33-19-20-33)27-31-26-42(22-11-24-47-5)37-18-8-7-17-35(31)37/h7-10,12-13,15-18,25-26,33-34,36H,6,11,14,19-24,27-28H2,1-5H3/b16-10-,32-12+/t34-,36+/m1/s1. The summed E-state index contributed by atoms with van der Waals surface area (Å²) in [6, 6.07) is 16.9. The van der Waals surface area contributed by atoms with Gasteiger partial charge in [0.2, 0.25) is 5.91 Å². The zero-order chi connectivity index (χ0) is 34.3. The third kappa shape index (κ3) is 9.16. The number of piperidine rings is 1. The summed E-state index contributed by atoms with van der Waals surface area (Å²) in [6.07, 6.45) is 11.5. The minimum absolute atomic E-state index is 0.0616. The molecular formula is C40H52FN3O4. The highest BCUT2D eigenvalue weighted by Gasteiger charge is 2.43. The molecule has 2 atom stereocenters. The average molecular weight is 658 g/mol. The predicted octanol–water partition coefficient (Wildman–Crippen LogP) is 8.57. The molecule has 1 saturated heterocycles. The maximum Gasteiger partial charge on any atom is 0.410 e. The minimum atomic E-state index is -0.626. The number of ether oxygens (including phenoxy) is 2. The van der Waals surface area contributed by atoms with Crippen molar-refractivity contribution >= 4 is 22.9 Å². The zero-order valence-electron chi connectivity index (χ0n) is 29.3. The van der Waals surface area contributed by atoms with Gasteiger partial charge >= 0.3 is 6.09 Å². The second-order valence-electron chi connectivity index (χ2n) is 14.2. The summed E-state index contributed by atoms with van der Waals surface area (Å²) in [4.78, 5) is 31.9. The van der Waals surface area contributed by atoms with Gasteiger partial charge in [0.05, 0.1) is 5.92 Å². The first-order valence-electron chi connectivity index (χ1n) is 17.5. The number of methoxy groups -OCH3 is 1. The number of carbonyl (C=O) groups is 2. The lowest BCUT2D eigenvalue weighted by Crippen LogP contribution is -2.51. The van der Waals surface area contributed by atoms with E-state index in [-0.39, 0.29) is 29.8 Å². The molecule has 2 aromatic carbocycles. The maximum absolute atomic E-state index is 14.8. The molecule has 2 amide bonds. The van der Waals surface area contributed by atoms with Gasteiger partial charge in [-0.3, -0.25) is 4.79 Å². The van der Waals surface area contributed by atoms with Crippen molar-refractivity contribution in [3.05, 3.63) is 95.5 Å². The van der Waals surface area contributed by atoms with Crippen LogP contribution in [-0.2, 0) is 33.8 Å². The smallest absolute Gasteiger partial charge is 0.410 e. The highest BCUT2D eigenvalue weighted by molar-refractivity contribution is 5.86. The summed E-state index contributed by atoms with van der Waals surface area (Å²) in [7, 11) is 1.72. The second-order valence-corrected chi connectivity index (χ2v) is 14.2. The molecule has 3 aromatic rings. The lowest BCUT2D eigenvalue weighted by Gasteiger charge is -2.40. The van der Waals surface area contributed by atoms with Crippen LogP contribution in [0.1, 0.15) is 82.4 Å². The summed E-state index contributed by atoms with van der Waals surface area (Å²) >= 11 is 0. The number of halogens is 1. The van der Waals surface area contributed by atoms with E-state index in [1.54, 1.807) is 18.1 Å².